The summed E-state index contributed by atoms with van der Waals surface area (Å²) in [5, 5.41) is 12.5. The molecule has 1 aliphatic heterocycles. The summed E-state index contributed by atoms with van der Waals surface area (Å²) in [6, 6.07) is 5.64. The molecule has 2 aliphatic rings. The number of aliphatic carboxylic acids is 1. The number of hydrogen-bond donors (Lipinski definition) is 2. The molecule has 3 unspecified atom stereocenters. The standard InChI is InChI=1S/C14H14ClNO3S/c15-7-1-2-12-10(5-7)11(3-4-20-12)16-13(17)8-6-9(8)14(18)19/h1-2,5,8-9,11H,3-4,6H2,(H,16,17)(H,18,19). The summed E-state index contributed by atoms with van der Waals surface area (Å²) in [7, 11) is 0. The van der Waals surface area contributed by atoms with Gasteiger partial charge >= 0.3 is 5.97 Å². The highest BCUT2D eigenvalue weighted by molar-refractivity contribution is 7.99. The molecule has 1 fully saturated rings. The topological polar surface area (TPSA) is 66.4 Å². The number of carboxylic acids is 1. The molecule has 2 N–H and O–H groups in total. The van der Waals surface area contributed by atoms with Crippen LogP contribution in [-0.4, -0.2) is 22.7 Å². The van der Waals surface area contributed by atoms with Crippen molar-refractivity contribution in [2.24, 2.45) is 11.8 Å². The van der Waals surface area contributed by atoms with Crippen LogP contribution in [0.2, 0.25) is 5.02 Å². The van der Waals surface area contributed by atoms with E-state index in [1.165, 1.54) is 0 Å². The number of carbonyl (C=O) groups excluding carboxylic acids is 1. The number of fused-ring (bicyclic) bond motifs is 1. The molecule has 1 aromatic carbocycles. The highest BCUT2D eigenvalue weighted by Crippen LogP contribution is 2.41. The Bertz CT molecular complexity index is 578. The van der Waals surface area contributed by atoms with Crippen LogP contribution < -0.4 is 5.32 Å². The molecule has 1 heterocycles. The number of halogens is 1. The molecule has 4 nitrogen and oxygen atoms in total. The number of amides is 1. The lowest BCUT2D eigenvalue weighted by molar-refractivity contribution is -0.140. The maximum absolute atomic E-state index is 12.1. The van der Waals surface area contributed by atoms with E-state index in [2.05, 4.69) is 5.32 Å². The van der Waals surface area contributed by atoms with E-state index in [1.54, 1.807) is 11.8 Å². The van der Waals surface area contributed by atoms with Crippen LogP contribution in [-0.2, 0) is 9.59 Å². The molecule has 20 heavy (non-hydrogen) atoms. The van der Waals surface area contributed by atoms with Crippen molar-refractivity contribution < 1.29 is 14.7 Å². The number of rotatable bonds is 3. The third-order valence-corrected chi connectivity index (χ3v) is 5.13. The molecule has 106 valence electrons. The number of nitrogens with one attached hydrogen (secondary N) is 1. The normalized spacial score (nSPS) is 27.6. The van der Waals surface area contributed by atoms with Crippen molar-refractivity contribution in [2.45, 2.75) is 23.8 Å². The summed E-state index contributed by atoms with van der Waals surface area (Å²) < 4.78 is 0. The molecule has 1 aromatic rings. The molecule has 1 aliphatic carbocycles. The predicted molar refractivity (Wildman–Crippen MR) is 76.9 cm³/mol. The van der Waals surface area contributed by atoms with Gasteiger partial charge in [0, 0.05) is 15.7 Å². The van der Waals surface area contributed by atoms with Gasteiger partial charge in [0.2, 0.25) is 5.91 Å². The summed E-state index contributed by atoms with van der Waals surface area (Å²) in [6.07, 6.45) is 1.29. The van der Waals surface area contributed by atoms with Gasteiger partial charge in [-0.3, -0.25) is 9.59 Å². The fraction of sp³-hybridized carbons (Fsp3) is 0.429. The first-order valence-corrected chi connectivity index (χ1v) is 7.88. The van der Waals surface area contributed by atoms with Crippen LogP contribution in [0.5, 0.6) is 0 Å². The quantitative estimate of drug-likeness (QED) is 0.900. The van der Waals surface area contributed by atoms with Gasteiger partial charge in [-0.2, -0.15) is 0 Å². The lowest BCUT2D eigenvalue weighted by atomic mass is 10.0. The van der Waals surface area contributed by atoms with Gasteiger partial charge < -0.3 is 10.4 Å². The fourth-order valence-corrected chi connectivity index (χ4v) is 3.84. The second-order valence-electron chi connectivity index (χ2n) is 5.17. The van der Waals surface area contributed by atoms with Crippen molar-refractivity contribution in [3.63, 3.8) is 0 Å². The van der Waals surface area contributed by atoms with Crippen LogP contribution in [0, 0.1) is 11.8 Å². The van der Waals surface area contributed by atoms with Gasteiger partial charge in [-0.05, 0) is 36.6 Å². The zero-order valence-corrected chi connectivity index (χ0v) is 12.2. The third kappa shape index (κ3) is 2.65. The Balaban J connectivity index is 1.72. The van der Waals surface area contributed by atoms with E-state index in [9.17, 15) is 9.59 Å². The molecule has 0 spiro atoms. The molecule has 0 saturated heterocycles. The van der Waals surface area contributed by atoms with Crippen molar-refractivity contribution in [3.05, 3.63) is 28.8 Å². The first kappa shape index (κ1) is 13.8. The van der Waals surface area contributed by atoms with Gasteiger partial charge in [-0.25, -0.2) is 0 Å². The average Bonchev–Trinajstić information content (AvgIpc) is 3.20. The summed E-state index contributed by atoms with van der Waals surface area (Å²) in [4.78, 5) is 24.0. The van der Waals surface area contributed by atoms with Gasteiger partial charge in [-0.1, -0.05) is 11.6 Å². The Morgan fingerprint density at radius 3 is 2.85 bits per heavy atom. The van der Waals surface area contributed by atoms with Gasteiger partial charge in [0.15, 0.2) is 0 Å². The molecule has 0 bridgehead atoms. The van der Waals surface area contributed by atoms with E-state index < -0.39 is 11.9 Å². The minimum Gasteiger partial charge on any atom is -0.481 e. The van der Waals surface area contributed by atoms with Crippen LogP contribution in [0.3, 0.4) is 0 Å². The summed E-state index contributed by atoms with van der Waals surface area (Å²) in [5.74, 6) is -0.975. The average molecular weight is 312 g/mol. The Kier molecular flexibility index (Phi) is 3.65. The predicted octanol–water partition coefficient (Wildman–Crippen LogP) is 2.71. The van der Waals surface area contributed by atoms with Crippen molar-refractivity contribution in [1.29, 1.82) is 0 Å². The zero-order valence-electron chi connectivity index (χ0n) is 10.6. The van der Waals surface area contributed by atoms with E-state index in [1.807, 2.05) is 18.2 Å². The number of thioether (sulfide) groups is 1. The SMILES string of the molecule is O=C(O)C1CC1C(=O)NC1CCSc2ccc(Cl)cc21. The number of carboxylic acid groups (broad SMARTS) is 1. The molecule has 1 amide bonds. The maximum Gasteiger partial charge on any atom is 0.307 e. The minimum atomic E-state index is -0.882. The molecule has 1 saturated carbocycles. The van der Waals surface area contributed by atoms with Crippen LogP contribution >= 0.6 is 23.4 Å². The van der Waals surface area contributed by atoms with Crippen molar-refractivity contribution in [1.82, 2.24) is 5.32 Å². The van der Waals surface area contributed by atoms with Crippen molar-refractivity contribution >= 4 is 35.2 Å². The Hall–Kier alpha value is -1.20. The highest BCUT2D eigenvalue weighted by atomic mass is 35.5. The Morgan fingerprint density at radius 2 is 2.15 bits per heavy atom. The number of hydrogen-bond acceptors (Lipinski definition) is 3. The van der Waals surface area contributed by atoms with Crippen molar-refractivity contribution in [2.75, 3.05) is 5.75 Å². The second-order valence-corrected chi connectivity index (χ2v) is 6.74. The monoisotopic (exact) mass is 311 g/mol. The first-order valence-electron chi connectivity index (χ1n) is 6.51. The van der Waals surface area contributed by atoms with Gasteiger partial charge in [0.25, 0.3) is 0 Å². The smallest absolute Gasteiger partial charge is 0.307 e. The Labute approximate surface area is 125 Å². The van der Waals surface area contributed by atoms with Gasteiger partial charge in [-0.15, -0.1) is 11.8 Å². The molecule has 0 radical (unpaired) electrons. The lowest BCUT2D eigenvalue weighted by Crippen LogP contribution is -2.32. The number of carbonyl (C=O) groups is 2. The fourth-order valence-electron chi connectivity index (χ4n) is 2.55. The van der Waals surface area contributed by atoms with E-state index >= 15 is 0 Å². The summed E-state index contributed by atoms with van der Waals surface area (Å²) in [6.45, 7) is 0. The molecule has 6 heteroatoms. The van der Waals surface area contributed by atoms with E-state index in [0.29, 0.717) is 11.4 Å². The second kappa shape index (κ2) is 5.30. The van der Waals surface area contributed by atoms with Gasteiger partial charge in [0.1, 0.15) is 0 Å². The van der Waals surface area contributed by atoms with Crippen LogP contribution in [0.25, 0.3) is 0 Å². The molecule has 0 aromatic heterocycles. The molecule has 3 atom stereocenters. The maximum atomic E-state index is 12.1. The Morgan fingerprint density at radius 1 is 1.35 bits per heavy atom. The molecular formula is C14H14ClNO3S. The first-order chi connectivity index (χ1) is 9.56. The van der Waals surface area contributed by atoms with E-state index in [4.69, 9.17) is 16.7 Å². The van der Waals surface area contributed by atoms with E-state index in [-0.39, 0.29) is 17.9 Å². The van der Waals surface area contributed by atoms with Crippen LogP contribution in [0.4, 0.5) is 0 Å². The number of benzene rings is 1. The largest absolute Gasteiger partial charge is 0.481 e. The molecular weight excluding hydrogens is 298 g/mol. The molecule has 3 rings (SSSR count). The zero-order chi connectivity index (χ0) is 14.3. The van der Waals surface area contributed by atoms with Crippen LogP contribution in [0.1, 0.15) is 24.4 Å². The minimum absolute atomic E-state index is 0.0625. The van der Waals surface area contributed by atoms with Crippen molar-refractivity contribution in [3.8, 4) is 0 Å². The van der Waals surface area contributed by atoms with E-state index in [0.717, 1.165) is 22.6 Å². The summed E-state index contributed by atoms with van der Waals surface area (Å²) in [5.41, 5.74) is 1.04. The highest BCUT2D eigenvalue weighted by Gasteiger charge is 2.48. The third-order valence-electron chi connectivity index (χ3n) is 3.77. The summed E-state index contributed by atoms with van der Waals surface area (Å²) >= 11 is 7.77. The van der Waals surface area contributed by atoms with Crippen LogP contribution in [0.15, 0.2) is 23.1 Å². The van der Waals surface area contributed by atoms with Gasteiger partial charge in [0.05, 0.1) is 17.9 Å². The lowest BCUT2D eigenvalue weighted by Gasteiger charge is -2.26.